The number of anilines is 2. The Morgan fingerprint density at radius 3 is 2.61 bits per heavy atom. The van der Waals surface area contributed by atoms with Gasteiger partial charge in [0, 0.05) is 25.5 Å². The third kappa shape index (κ3) is 3.65. The van der Waals surface area contributed by atoms with E-state index >= 15 is 0 Å². The number of carboxylic acid groups (broad SMARTS) is 1. The summed E-state index contributed by atoms with van der Waals surface area (Å²) < 4.78 is 0. The van der Waals surface area contributed by atoms with Crippen LogP contribution >= 0.6 is 0 Å². The lowest BCUT2D eigenvalue weighted by Crippen LogP contribution is -2.29. The molecule has 2 N–H and O–H groups in total. The Morgan fingerprint density at radius 2 is 2.11 bits per heavy atom. The number of aryl methyl sites for hydroxylation is 1. The first-order valence-electron chi connectivity index (χ1n) is 6.23. The lowest BCUT2D eigenvalue weighted by molar-refractivity contribution is -0.138. The number of nitrogens with zero attached hydrogens (tertiary/aromatic N) is 1. The van der Waals surface area contributed by atoms with Crippen molar-refractivity contribution in [2.45, 2.75) is 32.7 Å². The average molecular weight is 250 g/mol. The highest BCUT2D eigenvalue weighted by atomic mass is 16.4. The molecule has 4 nitrogen and oxygen atoms in total. The number of aliphatic carboxylic acids is 1. The Hall–Kier alpha value is -1.71. The summed E-state index contributed by atoms with van der Waals surface area (Å²) in [5, 5.41) is 12.2. The number of hydrogen-bond acceptors (Lipinski definition) is 3. The summed E-state index contributed by atoms with van der Waals surface area (Å²) in [6.07, 6.45) is 1.47. The van der Waals surface area contributed by atoms with Crippen LogP contribution < -0.4 is 10.2 Å². The van der Waals surface area contributed by atoms with Gasteiger partial charge < -0.3 is 15.3 Å². The van der Waals surface area contributed by atoms with Gasteiger partial charge in [-0.2, -0.15) is 0 Å². The minimum atomic E-state index is -0.802. The average Bonchev–Trinajstić information content (AvgIpc) is 2.30. The van der Waals surface area contributed by atoms with Gasteiger partial charge in [-0.25, -0.2) is 4.79 Å². The molecule has 1 rings (SSSR count). The first-order chi connectivity index (χ1) is 8.45. The first-order valence-corrected chi connectivity index (χ1v) is 6.23. The molecule has 0 saturated carbocycles. The van der Waals surface area contributed by atoms with E-state index in [4.69, 9.17) is 5.11 Å². The van der Waals surface area contributed by atoms with Crippen LogP contribution in [0, 0.1) is 6.92 Å². The standard InChI is InChI=1S/C14H22N2O2/c1-5-6-12(14(17)18)15-11-8-7-10(2)13(9-11)16(3)4/h7-9,12,15H,5-6H2,1-4H3,(H,17,18). The second-order valence-corrected chi connectivity index (χ2v) is 4.72. The highest BCUT2D eigenvalue weighted by Crippen LogP contribution is 2.23. The quantitative estimate of drug-likeness (QED) is 0.815. The molecule has 0 aliphatic carbocycles. The molecular formula is C14H22N2O2. The molecule has 4 heteroatoms. The first kappa shape index (κ1) is 14.4. The van der Waals surface area contributed by atoms with Gasteiger partial charge in [0.25, 0.3) is 0 Å². The maximum atomic E-state index is 11.1. The zero-order valence-corrected chi connectivity index (χ0v) is 11.5. The molecule has 0 fully saturated rings. The number of benzene rings is 1. The summed E-state index contributed by atoms with van der Waals surface area (Å²) in [6, 6.07) is 5.39. The van der Waals surface area contributed by atoms with E-state index in [0.29, 0.717) is 6.42 Å². The maximum Gasteiger partial charge on any atom is 0.326 e. The predicted octanol–water partition coefficient (Wildman–Crippen LogP) is 2.73. The minimum absolute atomic E-state index is 0.521. The van der Waals surface area contributed by atoms with Crippen LogP contribution in [-0.2, 0) is 4.79 Å². The molecule has 0 aliphatic rings. The van der Waals surface area contributed by atoms with Crippen LogP contribution in [0.15, 0.2) is 18.2 Å². The van der Waals surface area contributed by atoms with Crippen LogP contribution in [0.1, 0.15) is 25.3 Å². The number of nitrogens with one attached hydrogen (secondary N) is 1. The number of rotatable bonds is 6. The number of carboxylic acids is 1. The van der Waals surface area contributed by atoms with E-state index in [1.54, 1.807) is 0 Å². The number of hydrogen-bond donors (Lipinski definition) is 2. The second-order valence-electron chi connectivity index (χ2n) is 4.72. The van der Waals surface area contributed by atoms with Crippen molar-refractivity contribution in [1.29, 1.82) is 0 Å². The fourth-order valence-corrected chi connectivity index (χ4v) is 1.93. The van der Waals surface area contributed by atoms with Gasteiger partial charge in [-0.05, 0) is 31.0 Å². The molecule has 1 aromatic carbocycles. The van der Waals surface area contributed by atoms with Crippen molar-refractivity contribution in [2.75, 3.05) is 24.3 Å². The van der Waals surface area contributed by atoms with E-state index in [0.717, 1.165) is 17.8 Å². The van der Waals surface area contributed by atoms with Crippen LogP contribution in [0.25, 0.3) is 0 Å². The lowest BCUT2D eigenvalue weighted by Gasteiger charge is -2.19. The summed E-state index contributed by atoms with van der Waals surface area (Å²) in [7, 11) is 3.96. The highest BCUT2D eigenvalue weighted by molar-refractivity contribution is 5.78. The molecule has 1 unspecified atom stereocenters. The normalized spacial score (nSPS) is 12.0. The Labute approximate surface area is 109 Å². The molecule has 0 amide bonds. The monoisotopic (exact) mass is 250 g/mol. The van der Waals surface area contributed by atoms with Crippen LogP contribution in [-0.4, -0.2) is 31.2 Å². The largest absolute Gasteiger partial charge is 0.480 e. The van der Waals surface area contributed by atoms with Gasteiger partial charge >= 0.3 is 5.97 Å². The molecular weight excluding hydrogens is 228 g/mol. The molecule has 0 saturated heterocycles. The molecule has 0 bridgehead atoms. The Morgan fingerprint density at radius 1 is 1.44 bits per heavy atom. The van der Waals surface area contributed by atoms with Crippen molar-refractivity contribution >= 4 is 17.3 Å². The SMILES string of the molecule is CCCC(Nc1ccc(C)c(N(C)C)c1)C(=O)O. The molecule has 0 spiro atoms. The second kappa shape index (κ2) is 6.28. The van der Waals surface area contributed by atoms with Gasteiger partial charge in [0.15, 0.2) is 0 Å². The lowest BCUT2D eigenvalue weighted by atomic mass is 10.1. The van der Waals surface area contributed by atoms with E-state index in [1.807, 2.05) is 51.0 Å². The van der Waals surface area contributed by atoms with E-state index in [9.17, 15) is 4.79 Å². The summed E-state index contributed by atoms with van der Waals surface area (Å²) >= 11 is 0. The Balaban J connectivity index is 2.89. The summed E-state index contributed by atoms with van der Waals surface area (Å²) in [5.41, 5.74) is 3.12. The molecule has 0 aliphatic heterocycles. The van der Waals surface area contributed by atoms with Crippen molar-refractivity contribution in [3.63, 3.8) is 0 Å². The Kier molecular flexibility index (Phi) is 5.01. The van der Waals surface area contributed by atoms with Crippen molar-refractivity contribution < 1.29 is 9.90 Å². The van der Waals surface area contributed by atoms with Crippen LogP contribution in [0.3, 0.4) is 0 Å². The van der Waals surface area contributed by atoms with Crippen LogP contribution in [0.4, 0.5) is 11.4 Å². The predicted molar refractivity (Wildman–Crippen MR) is 75.5 cm³/mol. The van der Waals surface area contributed by atoms with Gasteiger partial charge in [-0.1, -0.05) is 19.4 Å². The van der Waals surface area contributed by atoms with Gasteiger partial charge in [0.1, 0.15) is 6.04 Å². The summed E-state index contributed by atoms with van der Waals surface area (Å²) in [6.45, 7) is 4.03. The molecule has 100 valence electrons. The highest BCUT2D eigenvalue weighted by Gasteiger charge is 2.16. The van der Waals surface area contributed by atoms with Crippen LogP contribution in [0.2, 0.25) is 0 Å². The zero-order valence-electron chi connectivity index (χ0n) is 11.5. The van der Waals surface area contributed by atoms with Gasteiger partial charge in [0.05, 0.1) is 0 Å². The van der Waals surface area contributed by atoms with Gasteiger partial charge in [-0.3, -0.25) is 0 Å². The van der Waals surface area contributed by atoms with E-state index in [1.165, 1.54) is 5.56 Å². The van der Waals surface area contributed by atoms with Crippen molar-refractivity contribution in [1.82, 2.24) is 0 Å². The smallest absolute Gasteiger partial charge is 0.326 e. The molecule has 18 heavy (non-hydrogen) atoms. The third-order valence-electron chi connectivity index (χ3n) is 2.91. The zero-order chi connectivity index (χ0) is 13.7. The van der Waals surface area contributed by atoms with Crippen LogP contribution in [0.5, 0.6) is 0 Å². The molecule has 0 aromatic heterocycles. The number of carbonyl (C=O) groups is 1. The molecule has 1 atom stereocenters. The minimum Gasteiger partial charge on any atom is -0.480 e. The van der Waals surface area contributed by atoms with E-state index < -0.39 is 12.0 Å². The fourth-order valence-electron chi connectivity index (χ4n) is 1.93. The topological polar surface area (TPSA) is 52.6 Å². The van der Waals surface area contributed by atoms with Gasteiger partial charge in [-0.15, -0.1) is 0 Å². The van der Waals surface area contributed by atoms with Crippen molar-refractivity contribution in [2.24, 2.45) is 0 Å². The molecule has 1 aromatic rings. The summed E-state index contributed by atoms with van der Waals surface area (Å²) in [5.74, 6) is -0.802. The molecule has 0 radical (unpaired) electrons. The van der Waals surface area contributed by atoms with E-state index in [-0.39, 0.29) is 0 Å². The van der Waals surface area contributed by atoms with Gasteiger partial charge in [0.2, 0.25) is 0 Å². The van der Waals surface area contributed by atoms with Crippen molar-refractivity contribution in [3.8, 4) is 0 Å². The maximum absolute atomic E-state index is 11.1. The fraction of sp³-hybridized carbons (Fsp3) is 0.500. The summed E-state index contributed by atoms with van der Waals surface area (Å²) in [4.78, 5) is 13.1. The molecule has 0 heterocycles. The van der Waals surface area contributed by atoms with Crippen molar-refractivity contribution in [3.05, 3.63) is 23.8 Å². The van der Waals surface area contributed by atoms with E-state index in [2.05, 4.69) is 5.32 Å². The Bertz CT molecular complexity index is 416. The third-order valence-corrected chi connectivity index (χ3v) is 2.91.